The quantitative estimate of drug-likeness (QED) is 0.775. The van der Waals surface area contributed by atoms with Gasteiger partial charge in [0.05, 0.1) is 11.6 Å². The van der Waals surface area contributed by atoms with Gasteiger partial charge < -0.3 is 15.4 Å². The van der Waals surface area contributed by atoms with Crippen molar-refractivity contribution in [3.05, 3.63) is 0 Å². The summed E-state index contributed by atoms with van der Waals surface area (Å²) < 4.78 is 5.56. The molecule has 2 N–H and O–H groups in total. The highest BCUT2D eigenvalue weighted by Gasteiger charge is 2.58. The summed E-state index contributed by atoms with van der Waals surface area (Å²) in [5.74, 6) is 0.152. The zero-order valence-electron chi connectivity index (χ0n) is 11.3. The second-order valence-corrected chi connectivity index (χ2v) is 6.07. The van der Waals surface area contributed by atoms with Crippen LogP contribution in [0.25, 0.3) is 0 Å². The first-order valence-corrected chi connectivity index (χ1v) is 6.49. The number of rotatable bonds is 3. The third kappa shape index (κ3) is 1.97. The molecule has 4 heteroatoms. The summed E-state index contributed by atoms with van der Waals surface area (Å²) in [5.41, 5.74) is -0.121. The Morgan fingerprint density at radius 3 is 2.59 bits per heavy atom. The molecular formula is C13H24N2O2. The summed E-state index contributed by atoms with van der Waals surface area (Å²) >= 11 is 0. The number of ether oxygens (including phenoxy) is 1. The summed E-state index contributed by atoms with van der Waals surface area (Å²) in [7, 11) is 1.75. The molecule has 4 nitrogen and oxygen atoms in total. The van der Waals surface area contributed by atoms with Crippen LogP contribution in [0.4, 0.5) is 0 Å². The zero-order valence-corrected chi connectivity index (χ0v) is 11.3. The highest BCUT2D eigenvalue weighted by atomic mass is 16.5. The van der Waals surface area contributed by atoms with Crippen LogP contribution in [0.2, 0.25) is 0 Å². The average Bonchev–Trinajstić information content (AvgIpc) is 2.81. The van der Waals surface area contributed by atoms with Crippen molar-refractivity contribution in [1.82, 2.24) is 10.6 Å². The van der Waals surface area contributed by atoms with Gasteiger partial charge in [0.25, 0.3) is 0 Å². The molecular weight excluding hydrogens is 216 g/mol. The Morgan fingerprint density at radius 1 is 1.41 bits per heavy atom. The molecule has 0 aromatic rings. The second kappa shape index (κ2) is 4.25. The lowest BCUT2D eigenvalue weighted by Crippen LogP contribution is -2.69. The SMILES string of the molecule is COC1(C)CC(NC(=O)[C@@H]2CCCN2)C1(C)C. The Bertz CT molecular complexity index is 311. The van der Waals surface area contributed by atoms with Gasteiger partial charge in [-0.25, -0.2) is 0 Å². The molecule has 3 atom stereocenters. The molecule has 1 amide bonds. The van der Waals surface area contributed by atoms with Gasteiger partial charge in [0.1, 0.15) is 0 Å². The van der Waals surface area contributed by atoms with Gasteiger partial charge >= 0.3 is 0 Å². The first-order valence-electron chi connectivity index (χ1n) is 6.49. The number of hydrogen-bond donors (Lipinski definition) is 2. The van der Waals surface area contributed by atoms with E-state index in [2.05, 4.69) is 31.4 Å². The minimum absolute atomic E-state index is 0.00395. The van der Waals surface area contributed by atoms with Crippen molar-refractivity contribution < 1.29 is 9.53 Å². The molecule has 1 saturated heterocycles. The molecule has 0 aromatic heterocycles. The van der Waals surface area contributed by atoms with Crippen molar-refractivity contribution in [3.63, 3.8) is 0 Å². The number of amides is 1. The maximum atomic E-state index is 12.0. The number of carbonyl (C=O) groups is 1. The molecule has 0 spiro atoms. The summed E-state index contributed by atoms with van der Waals surface area (Å²) in [6.07, 6.45) is 2.96. The van der Waals surface area contributed by atoms with Crippen molar-refractivity contribution in [2.75, 3.05) is 13.7 Å². The Labute approximate surface area is 103 Å². The van der Waals surface area contributed by atoms with Crippen LogP contribution in [-0.2, 0) is 9.53 Å². The number of hydrogen-bond acceptors (Lipinski definition) is 3. The second-order valence-electron chi connectivity index (χ2n) is 6.07. The van der Waals surface area contributed by atoms with Gasteiger partial charge in [0.2, 0.25) is 5.91 Å². The summed E-state index contributed by atoms with van der Waals surface area (Å²) in [4.78, 5) is 12.0. The first kappa shape index (κ1) is 12.8. The van der Waals surface area contributed by atoms with Crippen LogP contribution in [0.1, 0.15) is 40.0 Å². The Balaban J connectivity index is 1.91. The van der Waals surface area contributed by atoms with E-state index in [9.17, 15) is 4.79 Å². The van der Waals surface area contributed by atoms with E-state index in [4.69, 9.17) is 4.74 Å². The topological polar surface area (TPSA) is 50.4 Å². The average molecular weight is 240 g/mol. The van der Waals surface area contributed by atoms with E-state index < -0.39 is 0 Å². The van der Waals surface area contributed by atoms with Crippen molar-refractivity contribution >= 4 is 5.91 Å². The van der Waals surface area contributed by atoms with E-state index >= 15 is 0 Å². The van der Waals surface area contributed by atoms with Crippen LogP contribution in [0.5, 0.6) is 0 Å². The normalized spacial score (nSPS) is 39.8. The molecule has 17 heavy (non-hydrogen) atoms. The van der Waals surface area contributed by atoms with E-state index in [1.54, 1.807) is 7.11 Å². The summed E-state index contributed by atoms with van der Waals surface area (Å²) in [6, 6.07) is 0.238. The van der Waals surface area contributed by atoms with Crippen molar-refractivity contribution in [2.24, 2.45) is 5.41 Å². The van der Waals surface area contributed by atoms with E-state index in [1.807, 2.05) is 0 Å². The highest BCUT2D eigenvalue weighted by Crippen LogP contribution is 2.51. The monoisotopic (exact) mass is 240 g/mol. The first-order chi connectivity index (χ1) is 7.90. The Morgan fingerprint density at radius 2 is 2.12 bits per heavy atom. The van der Waals surface area contributed by atoms with Crippen LogP contribution >= 0.6 is 0 Å². The molecule has 1 aliphatic heterocycles. The largest absolute Gasteiger partial charge is 0.378 e. The molecule has 1 heterocycles. The molecule has 2 rings (SSSR count). The van der Waals surface area contributed by atoms with E-state index in [-0.39, 0.29) is 29.0 Å². The third-order valence-corrected chi connectivity index (χ3v) is 4.97. The summed E-state index contributed by atoms with van der Waals surface area (Å²) in [5, 5.41) is 6.39. The van der Waals surface area contributed by atoms with Gasteiger partial charge in [0, 0.05) is 18.6 Å². The highest BCUT2D eigenvalue weighted by molar-refractivity contribution is 5.82. The lowest BCUT2D eigenvalue weighted by atomic mass is 9.56. The third-order valence-electron chi connectivity index (χ3n) is 4.97. The molecule has 2 fully saturated rings. The fourth-order valence-corrected chi connectivity index (χ4v) is 2.90. The molecule has 2 aliphatic rings. The minimum atomic E-state index is -0.117. The van der Waals surface area contributed by atoms with Gasteiger partial charge in [0.15, 0.2) is 0 Å². The smallest absolute Gasteiger partial charge is 0.237 e. The van der Waals surface area contributed by atoms with Crippen molar-refractivity contribution in [1.29, 1.82) is 0 Å². The lowest BCUT2D eigenvalue weighted by Gasteiger charge is -2.59. The number of methoxy groups -OCH3 is 1. The fourth-order valence-electron chi connectivity index (χ4n) is 2.90. The number of carbonyl (C=O) groups excluding carboxylic acids is 1. The maximum absolute atomic E-state index is 12.0. The van der Waals surface area contributed by atoms with Gasteiger partial charge in [-0.3, -0.25) is 4.79 Å². The van der Waals surface area contributed by atoms with Crippen LogP contribution in [-0.4, -0.2) is 37.2 Å². The van der Waals surface area contributed by atoms with E-state index in [1.165, 1.54) is 0 Å². The van der Waals surface area contributed by atoms with Gasteiger partial charge in [-0.15, -0.1) is 0 Å². The van der Waals surface area contributed by atoms with Crippen LogP contribution in [0.15, 0.2) is 0 Å². The number of nitrogens with one attached hydrogen (secondary N) is 2. The Hall–Kier alpha value is -0.610. The fraction of sp³-hybridized carbons (Fsp3) is 0.923. The van der Waals surface area contributed by atoms with E-state index in [0.29, 0.717) is 0 Å². The predicted molar refractivity (Wildman–Crippen MR) is 66.8 cm³/mol. The van der Waals surface area contributed by atoms with Crippen LogP contribution < -0.4 is 10.6 Å². The summed E-state index contributed by atoms with van der Waals surface area (Å²) in [6.45, 7) is 7.39. The maximum Gasteiger partial charge on any atom is 0.237 e. The van der Waals surface area contributed by atoms with Crippen molar-refractivity contribution in [3.8, 4) is 0 Å². The van der Waals surface area contributed by atoms with Crippen LogP contribution in [0.3, 0.4) is 0 Å². The van der Waals surface area contributed by atoms with Gasteiger partial charge in [-0.1, -0.05) is 13.8 Å². The van der Waals surface area contributed by atoms with E-state index in [0.717, 1.165) is 25.8 Å². The van der Waals surface area contributed by atoms with Crippen molar-refractivity contribution in [2.45, 2.75) is 57.7 Å². The molecule has 0 aromatic carbocycles. The zero-order chi connectivity index (χ0) is 12.7. The van der Waals surface area contributed by atoms with Gasteiger partial charge in [-0.05, 0) is 32.7 Å². The molecule has 2 unspecified atom stereocenters. The molecule has 1 aliphatic carbocycles. The molecule has 98 valence electrons. The Kier molecular flexibility index (Phi) is 3.21. The molecule has 0 radical (unpaired) electrons. The minimum Gasteiger partial charge on any atom is -0.378 e. The van der Waals surface area contributed by atoms with Crippen LogP contribution in [0, 0.1) is 5.41 Å². The molecule has 1 saturated carbocycles. The lowest BCUT2D eigenvalue weighted by molar-refractivity contribution is -0.182. The van der Waals surface area contributed by atoms with Gasteiger partial charge in [-0.2, -0.15) is 0 Å². The standard InChI is InChI=1S/C13H24N2O2/c1-12(2)10(8-13(12,3)17-4)15-11(16)9-6-5-7-14-9/h9-10,14H,5-8H2,1-4H3,(H,15,16)/t9-,10?,13?/m0/s1. The molecule has 0 bridgehead atoms. The predicted octanol–water partition coefficient (Wildman–Crippen LogP) is 1.06.